The lowest BCUT2D eigenvalue weighted by Crippen LogP contribution is -2.51. The Kier molecular flexibility index (Phi) is 6.63. The van der Waals surface area contributed by atoms with Crippen molar-refractivity contribution in [2.45, 2.75) is 5.75 Å². The van der Waals surface area contributed by atoms with E-state index in [1.54, 1.807) is 30.3 Å². The van der Waals surface area contributed by atoms with Gasteiger partial charge in [-0.3, -0.25) is 14.9 Å². The molecule has 0 saturated carbocycles. The molecule has 1 aliphatic heterocycles. The number of sulfonamides is 1. The number of carbonyl (C=O) groups excluding carboxylic acids is 1. The Bertz CT molecular complexity index is 1020. The van der Waals surface area contributed by atoms with Crippen LogP contribution in [0.15, 0.2) is 48.5 Å². The van der Waals surface area contributed by atoms with Crippen LogP contribution in [-0.2, 0) is 20.6 Å². The summed E-state index contributed by atoms with van der Waals surface area (Å²) in [4.78, 5) is 24.0. The molecular weight excluding hydrogens is 417 g/mol. The fourth-order valence-corrected chi connectivity index (χ4v) is 4.59. The number of amides is 1. The molecule has 1 saturated heterocycles. The molecule has 9 nitrogen and oxygen atoms in total. The third-order valence-corrected chi connectivity index (χ3v) is 6.50. The third kappa shape index (κ3) is 5.30. The van der Waals surface area contributed by atoms with Crippen molar-refractivity contribution in [2.75, 3.05) is 32.8 Å². The lowest BCUT2D eigenvalue weighted by molar-refractivity contribution is -0.385. The van der Waals surface area contributed by atoms with E-state index in [-0.39, 0.29) is 37.7 Å². The molecule has 0 unspecified atom stereocenters. The van der Waals surface area contributed by atoms with Crippen molar-refractivity contribution < 1.29 is 27.3 Å². The van der Waals surface area contributed by atoms with E-state index in [1.807, 2.05) is 0 Å². The minimum Gasteiger partial charge on any atom is -0.477 e. The molecule has 160 valence electrons. The maximum atomic E-state index is 13.3. The van der Waals surface area contributed by atoms with Crippen LogP contribution in [0.1, 0.15) is 5.56 Å². The predicted octanol–water partition coefficient (Wildman–Crippen LogP) is 1.79. The summed E-state index contributed by atoms with van der Waals surface area (Å²) in [7, 11) is -3.51. The van der Waals surface area contributed by atoms with Gasteiger partial charge in [0.15, 0.2) is 6.61 Å². The van der Waals surface area contributed by atoms with E-state index >= 15 is 0 Å². The summed E-state index contributed by atoms with van der Waals surface area (Å²) < 4.78 is 45.0. The first-order chi connectivity index (χ1) is 14.3. The highest BCUT2D eigenvalue weighted by molar-refractivity contribution is 7.88. The standard InChI is InChI=1S/C19H20FN3O6S/c20-16-6-7-17(23(25)26)18(12-16)29-13-19(24)21-8-10-22(11-9-21)30(27,28)14-15-4-2-1-3-5-15/h1-7,12H,8-11,13-14H2. The van der Waals surface area contributed by atoms with Gasteiger partial charge < -0.3 is 9.64 Å². The number of nitro benzene ring substituents is 1. The fraction of sp³-hybridized carbons (Fsp3) is 0.316. The van der Waals surface area contributed by atoms with Gasteiger partial charge in [0.1, 0.15) is 5.82 Å². The molecule has 0 bridgehead atoms. The minimum absolute atomic E-state index is 0.117. The summed E-state index contributed by atoms with van der Waals surface area (Å²) in [6, 6.07) is 11.6. The molecule has 0 N–H and O–H groups in total. The van der Waals surface area contributed by atoms with Gasteiger partial charge in [-0.2, -0.15) is 4.31 Å². The highest BCUT2D eigenvalue weighted by Crippen LogP contribution is 2.27. The molecule has 11 heteroatoms. The third-order valence-electron chi connectivity index (χ3n) is 4.65. The van der Waals surface area contributed by atoms with Crippen molar-refractivity contribution in [3.05, 3.63) is 70.0 Å². The summed E-state index contributed by atoms with van der Waals surface area (Å²) in [6.45, 7) is 0.103. The summed E-state index contributed by atoms with van der Waals surface area (Å²) in [5.74, 6) is -1.64. The second kappa shape index (κ2) is 9.18. The maximum Gasteiger partial charge on any atom is 0.311 e. The van der Waals surface area contributed by atoms with E-state index in [0.717, 1.165) is 18.2 Å². The molecule has 0 aromatic heterocycles. The first-order valence-electron chi connectivity index (χ1n) is 9.12. The van der Waals surface area contributed by atoms with Crippen LogP contribution in [0.4, 0.5) is 10.1 Å². The zero-order valence-corrected chi connectivity index (χ0v) is 16.8. The van der Waals surface area contributed by atoms with Crippen LogP contribution in [0.25, 0.3) is 0 Å². The Morgan fingerprint density at radius 2 is 1.77 bits per heavy atom. The number of piperazine rings is 1. The largest absolute Gasteiger partial charge is 0.477 e. The van der Waals surface area contributed by atoms with Crippen LogP contribution < -0.4 is 4.74 Å². The molecule has 2 aromatic rings. The fourth-order valence-electron chi connectivity index (χ4n) is 3.08. The zero-order valence-electron chi connectivity index (χ0n) is 15.9. The van der Waals surface area contributed by atoms with Crippen LogP contribution in [0.2, 0.25) is 0 Å². The second-order valence-corrected chi connectivity index (χ2v) is 8.65. The molecule has 0 spiro atoms. The van der Waals surface area contributed by atoms with Crippen molar-refractivity contribution >= 4 is 21.6 Å². The van der Waals surface area contributed by atoms with E-state index in [2.05, 4.69) is 0 Å². The molecule has 30 heavy (non-hydrogen) atoms. The van der Waals surface area contributed by atoms with Crippen molar-refractivity contribution in [3.63, 3.8) is 0 Å². The van der Waals surface area contributed by atoms with Crippen LogP contribution in [-0.4, -0.2) is 61.2 Å². The van der Waals surface area contributed by atoms with Gasteiger partial charge in [0, 0.05) is 38.3 Å². The van der Waals surface area contributed by atoms with Crippen molar-refractivity contribution in [2.24, 2.45) is 0 Å². The first kappa shape index (κ1) is 21.7. The average molecular weight is 437 g/mol. The number of hydrogen-bond donors (Lipinski definition) is 0. The molecule has 2 aromatic carbocycles. The smallest absolute Gasteiger partial charge is 0.311 e. The van der Waals surface area contributed by atoms with Crippen LogP contribution in [0, 0.1) is 15.9 Å². The number of halogens is 1. The van der Waals surface area contributed by atoms with Gasteiger partial charge in [-0.25, -0.2) is 12.8 Å². The van der Waals surface area contributed by atoms with Crippen molar-refractivity contribution in [1.29, 1.82) is 0 Å². The number of carbonyl (C=O) groups is 1. The van der Waals surface area contributed by atoms with E-state index in [9.17, 15) is 27.7 Å². The van der Waals surface area contributed by atoms with Gasteiger partial charge in [0.05, 0.1) is 10.7 Å². The molecule has 1 amide bonds. The molecule has 0 atom stereocenters. The Labute approximate surface area is 172 Å². The number of nitrogens with zero attached hydrogens (tertiary/aromatic N) is 3. The summed E-state index contributed by atoms with van der Waals surface area (Å²) in [5, 5.41) is 11.0. The lowest BCUT2D eigenvalue weighted by Gasteiger charge is -2.34. The van der Waals surface area contributed by atoms with Gasteiger partial charge >= 0.3 is 5.69 Å². The van der Waals surface area contributed by atoms with E-state index in [0.29, 0.717) is 5.56 Å². The van der Waals surface area contributed by atoms with Crippen LogP contribution >= 0.6 is 0 Å². The monoisotopic (exact) mass is 437 g/mol. The van der Waals surface area contributed by atoms with Gasteiger partial charge in [-0.05, 0) is 11.6 Å². The van der Waals surface area contributed by atoms with Crippen LogP contribution in [0.5, 0.6) is 5.75 Å². The molecule has 1 heterocycles. The maximum absolute atomic E-state index is 13.3. The second-order valence-electron chi connectivity index (χ2n) is 6.68. The quantitative estimate of drug-likeness (QED) is 0.482. The summed E-state index contributed by atoms with van der Waals surface area (Å²) in [5.41, 5.74) is 0.238. The number of hydrogen-bond acceptors (Lipinski definition) is 6. The highest BCUT2D eigenvalue weighted by atomic mass is 32.2. The van der Waals surface area contributed by atoms with E-state index < -0.39 is 39.0 Å². The van der Waals surface area contributed by atoms with Crippen LogP contribution in [0.3, 0.4) is 0 Å². The molecule has 1 fully saturated rings. The van der Waals surface area contributed by atoms with Gasteiger partial charge in [0.25, 0.3) is 5.91 Å². The highest BCUT2D eigenvalue weighted by Gasteiger charge is 2.29. The summed E-state index contributed by atoms with van der Waals surface area (Å²) in [6.07, 6.45) is 0. The Hall–Kier alpha value is -3.05. The molecule has 0 aliphatic carbocycles. The SMILES string of the molecule is O=C(COc1cc(F)ccc1[N+](=O)[O-])N1CCN(S(=O)(=O)Cc2ccccc2)CC1. The molecular formula is C19H20FN3O6S. The van der Waals surface area contributed by atoms with Crippen molar-refractivity contribution in [1.82, 2.24) is 9.21 Å². The minimum atomic E-state index is -3.51. The Balaban J connectivity index is 1.54. The number of rotatable bonds is 7. The van der Waals surface area contributed by atoms with Crippen molar-refractivity contribution in [3.8, 4) is 5.75 Å². The van der Waals surface area contributed by atoms with Gasteiger partial charge in [-0.15, -0.1) is 0 Å². The molecule has 0 radical (unpaired) electrons. The van der Waals surface area contributed by atoms with Gasteiger partial charge in [-0.1, -0.05) is 30.3 Å². The van der Waals surface area contributed by atoms with E-state index in [1.165, 1.54) is 9.21 Å². The van der Waals surface area contributed by atoms with E-state index in [4.69, 9.17) is 4.74 Å². The number of benzene rings is 2. The normalized spacial score (nSPS) is 15.0. The Morgan fingerprint density at radius 3 is 2.40 bits per heavy atom. The predicted molar refractivity (Wildman–Crippen MR) is 106 cm³/mol. The molecule has 3 rings (SSSR count). The zero-order chi connectivity index (χ0) is 21.7. The first-order valence-corrected chi connectivity index (χ1v) is 10.7. The lowest BCUT2D eigenvalue weighted by atomic mass is 10.2. The average Bonchev–Trinajstić information content (AvgIpc) is 2.72. The topological polar surface area (TPSA) is 110 Å². The van der Waals surface area contributed by atoms with Gasteiger partial charge in [0.2, 0.25) is 15.8 Å². The molecule has 1 aliphatic rings. The number of nitro groups is 1. The summed E-state index contributed by atoms with van der Waals surface area (Å²) >= 11 is 0. The number of ether oxygens (including phenoxy) is 1. The Morgan fingerprint density at radius 1 is 1.10 bits per heavy atom.